The maximum absolute atomic E-state index is 5.60. The minimum atomic E-state index is 0.685. The third-order valence-electron chi connectivity index (χ3n) is 2.95. The van der Waals surface area contributed by atoms with Gasteiger partial charge in [0.15, 0.2) is 0 Å². The van der Waals surface area contributed by atoms with Crippen LogP contribution in [0.5, 0.6) is 0 Å². The summed E-state index contributed by atoms with van der Waals surface area (Å²) in [6.07, 6.45) is 1.05. The van der Waals surface area contributed by atoms with Crippen LogP contribution in [-0.4, -0.2) is 23.6 Å². The normalized spacial score (nSPS) is 10.6. The molecule has 2 rings (SSSR count). The van der Waals surface area contributed by atoms with Crippen molar-refractivity contribution in [2.45, 2.75) is 33.7 Å². The Kier molecular flexibility index (Phi) is 4.61. The van der Waals surface area contributed by atoms with Crippen molar-refractivity contribution in [2.75, 3.05) is 23.8 Å². The van der Waals surface area contributed by atoms with Gasteiger partial charge in [-0.1, -0.05) is 6.92 Å². The van der Waals surface area contributed by atoms with Gasteiger partial charge in [-0.3, -0.25) is 0 Å². The summed E-state index contributed by atoms with van der Waals surface area (Å²) in [5.41, 5.74) is 0.955. The lowest BCUT2D eigenvalue weighted by molar-refractivity contribution is 0.481. The Morgan fingerprint density at radius 1 is 1.25 bits per heavy atom. The molecule has 0 spiro atoms. The van der Waals surface area contributed by atoms with E-state index in [4.69, 9.17) is 4.42 Å². The van der Waals surface area contributed by atoms with Crippen LogP contribution < -0.4 is 10.2 Å². The van der Waals surface area contributed by atoms with Crippen molar-refractivity contribution >= 4 is 11.8 Å². The molecule has 0 bridgehead atoms. The van der Waals surface area contributed by atoms with Crippen molar-refractivity contribution in [3.63, 3.8) is 0 Å². The van der Waals surface area contributed by atoms with E-state index in [-0.39, 0.29) is 0 Å². The van der Waals surface area contributed by atoms with Crippen molar-refractivity contribution in [1.82, 2.24) is 9.97 Å². The SMILES string of the molecule is CCCNc1nc(C)cc(N(C)Cc2ccc(C)o2)n1. The summed E-state index contributed by atoms with van der Waals surface area (Å²) < 4.78 is 5.60. The minimum Gasteiger partial charge on any atom is -0.464 e. The lowest BCUT2D eigenvalue weighted by Gasteiger charge is -2.18. The van der Waals surface area contributed by atoms with E-state index in [1.54, 1.807) is 0 Å². The second kappa shape index (κ2) is 6.41. The molecule has 0 aliphatic carbocycles. The molecule has 0 radical (unpaired) electrons. The van der Waals surface area contributed by atoms with Gasteiger partial charge in [0.1, 0.15) is 17.3 Å². The smallest absolute Gasteiger partial charge is 0.224 e. The van der Waals surface area contributed by atoms with Gasteiger partial charge in [-0.05, 0) is 32.4 Å². The second-order valence-electron chi connectivity index (χ2n) is 4.99. The molecule has 108 valence electrons. The van der Waals surface area contributed by atoms with Crippen molar-refractivity contribution in [1.29, 1.82) is 0 Å². The summed E-state index contributed by atoms with van der Waals surface area (Å²) in [5.74, 6) is 3.44. The molecule has 0 amide bonds. The lowest BCUT2D eigenvalue weighted by Crippen LogP contribution is -2.18. The Hall–Kier alpha value is -2.04. The summed E-state index contributed by atoms with van der Waals surface area (Å²) in [7, 11) is 2.00. The van der Waals surface area contributed by atoms with Crippen LogP contribution in [0.15, 0.2) is 22.6 Å². The monoisotopic (exact) mass is 274 g/mol. The van der Waals surface area contributed by atoms with Gasteiger partial charge in [0, 0.05) is 25.4 Å². The zero-order chi connectivity index (χ0) is 14.5. The molecule has 20 heavy (non-hydrogen) atoms. The highest BCUT2D eigenvalue weighted by atomic mass is 16.3. The molecule has 0 saturated carbocycles. The van der Waals surface area contributed by atoms with E-state index >= 15 is 0 Å². The van der Waals surface area contributed by atoms with Crippen LogP contribution in [0.4, 0.5) is 11.8 Å². The van der Waals surface area contributed by atoms with Gasteiger partial charge in [-0.25, -0.2) is 4.98 Å². The first kappa shape index (κ1) is 14.4. The molecule has 0 aliphatic rings. The van der Waals surface area contributed by atoms with Crippen LogP contribution in [0.3, 0.4) is 0 Å². The molecule has 2 heterocycles. The maximum Gasteiger partial charge on any atom is 0.224 e. The number of anilines is 2. The Morgan fingerprint density at radius 2 is 2.05 bits per heavy atom. The van der Waals surface area contributed by atoms with Gasteiger partial charge in [0.05, 0.1) is 6.54 Å². The van der Waals surface area contributed by atoms with Gasteiger partial charge in [0.2, 0.25) is 5.95 Å². The van der Waals surface area contributed by atoms with Crippen LogP contribution in [-0.2, 0) is 6.54 Å². The fourth-order valence-electron chi connectivity index (χ4n) is 1.95. The maximum atomic E-state index is 5.60. The highest BCUT2D eigenvalue weighted by molar-refractivity contribution is 5.44. The molecule has 0 saturated heterocycles. The summed E-state index contributed by atoms with van der Waals surface area (Å²) in [4.78, 5) is 11.0. The van der Waals surface area contributed by atoms with Gasteiger partial charge >= 0.3 is 0 Å². The van der Waals surface area contributed by atoms with E-state index < -0.39 is 0 Å². The molecular formula is C15H22N4O. The van der Waals surface area contributed by atoms with E-state index in [0.717, 1.165) is 36.0 Å². The number of furan rings is 1. The van der Waals surface area contributed by atoms with Crippen molar-refractivity contribution in [2.24, 2.45) is 0 Å². The van der Waals surface area contributed by atoms with Crippen molar-refractivity contribution in [3.05, 3.63) is 35.4 Å². The first-order chi connectivity index (χ1) is 9.58. The van der Waals surface area contributed by atoms with Crippen molar-refractivity contribution in [3.8, 4) is 0 Å². The summed E-state index contributed by atoms with van der Waals surface area (Å²) >= 11 is 0. The van der Waals surface area contributed by atoms with Crippen LogP contribution >= 0.6 is 0 Å². The van der Waals surface area contributed by atoms with Gasteiger partial charge in [-0.2, -0.15) is 4.98 Å². The number of nitrogens with zero attached hydrogens (tertiary/aromatic N) is 3. The Labute approximate surface area is 120 Å². The van der Waals surface area contributed by atoms with Crippen LogP contribution in [0, 0.1) is 13.8 Å². The van der Waals surface area contributed by atoms with E-state index in [2.05, 4.69) is 27.1 Å². The van der Waals surface area contributed by atoms with Crippen molar-refractivity contribution < 1.29 is 4.42 Å². The largest absolute Gasteiger partial charge is 0.464 e. The molecule has 2 aromatic rings. The van der Waals surface area contributed by atoms with Crippen LogP contribution in [0.2, 0.25) is 0 Å². The average Bonchev–Trinajstić information content (AvgIpc) is 2.81. The Balaban J connectivity index is 2.12. The average molecular weight is 274 g/mol. The van der Waals surface area contributed by atoms with Gasteiger partial charge in [0.25, 0.3) is 0 Å². The first-order valence-corrected chi connectivity index (χ1v) is 6.94. The highest BCUT2D eigenvalue weighted by Crippen LogP contribution is 2.17. The number of nitrogens with one attached hydrogen (secondary N) is 1. The fraction of sp³-hybridized carbons (Fsp3) is 0.467. The molecule has 0 unspecified atom stereocenters. The molecule has 5 nitrogen and oxygen atoms in total. The fourth-order valence-corrected chi connectivity index (χ4v) is 1.95. The predicted molar refractivity (Wildman–Crippen MR) is 81.1 cm³/mol. The Morgan fingerprint density at radius 3 is 2.70 bits per heavy atom. The zero-order valence-corrected chi connectivity index (χ0v) is 12.6. The number of hydrogen-bond donors (Lipinski definition) is 1. The van der Waals surface area contributed by atoms with Gasteiger partial charge in [-0.15, -0.1) is 0 Å². The number of hydrogen-bond acceptors (Lipinski definition) is 5. The van der Waals surface area contributed by atoms with E-state index in [0.29, 0.717) is 12.5 Å². The first-order valence-electron chi connectivity index (χ1n) is 6.94. The third-order valence-corrected chi connectivity index (χ3v) is 2.95. The minimum absolute atomic E-state index is 0.685. The van der Waals surface area contributed by atoms with Crippen LogP contribution in [0.25, 0.3) is 0 Å². The van der Waals surface area contributed by atoms with E-state index in [9.17, 15) is 0 Å². The molecule has 0 fully saturated rings. The standard InChI is InChI=1S/C15H22N4O/c1-5-8-16-15-17-11(2)9-14(18-15)19(4)10-13-7-6-12(3)20-13/h6-7,9H,5,8,10H2,1-4H3,(H,16,17,18). The topological polar surface area (TPSA) is 54.2 Å². The molecule has 1 N–H and O–H groups in total. The predicted octanol–water partition coefficient (Wildman–Crippen LogP) is 3.14. The second-order valence-corrected chi connectivity index (χ2v) is 4.99. The molecule has 0 aliphatic heterocycles. The summed E-state index contributed by atoms with van der Waals surface area (Å²) in [6.45, 7) is 7.62. The van der Waals surface area contributed by atoms with Crippen LogP contribution in [0.1, 0.15) is 30.6 Å². The molecular weight excluding hydrogens is 252 g/mol. The number of rotatable bonds is 6. The molecule has 0 atom stereocenters. The summed E-state index contributed by atoms with van der Waals surface area (Å²) in [5, 5.41) is 3.23. The number of aryl methyl sites for hydroxylation is 2. The lowest BCUT2D eigenvalue weighted by atomic mass is 10.3. The molecule has 0 aromatic carbocycles. The highest BCUT2D eigenvalue weighted by Gasteiger charge is 2.09. The van der Waals surface area contributed by atoms with E-state index in [1.807, 2.05) is 39.1 Å². The number of aromatic nitrogens is 2. The quantitative estimate of drug-likeness (QED) is 0.877. The third kappa shape index (κ3) is 3.73. The Bertz CT molecular complexity index is 565. The van der Waals surface area contributed by atoms with Gasteiger partial charge < -0.3 is 14.6 Å². The summed E-state index contributed by atoms with van der Waals surface area (Å²) in [6, 6.07) is 5.95. The zero-order valence-electron chi connectivity index (χ0n) is 12.6. The molecule has 2 aromatic heterocycles. The van der Waals surface area contributed by atoms with E-state index in [1.165, 1.54) is 0 Å². The molecule has 5 heteroatoms.